The van der Waals surface area contributed by atoms with Crippen LogP contribution in [0.5, 0.6) is 0 Å². The summed E-state index contributed by atoms with van der Waals surface area (Å²) >= 11 is 0. The molecule has 0 bridgehead atoms. The van der Waals surface area contributed by atoms with Crippen LogP contribution in [0.25, 0.3) is 0 Å². The first-order valence-electron chi connectivity index (χ1n) is 3.75. The number of carbonyl (C=O) groups is 1. The van der Waals surface area contributed by atoms with Crippen molar-refractivity contribution in [3.8, 4) is 0 Å². The van der Waals surface area contributed by atoms with Gasteiger partial charge < -0.3 is 9.90 Å². The molecule has 0 aliphatic carbocycles. The summed E-state index contributed by atoms with van der Waals surface area (Å²) < 4.78 is 0. The van der Waals surface area contributed by atoms with Crippen LogP contribution in [0.1, 0.15) is 19.3 Å². The Hall–Kier alpha value is 0.430. The number of carboxylic acids is 1. The second-order valence-electron chi connectivity index (χ2n) is 3.09. The molecule has 2 aliphatic rings. The van der Waals surface area contributed by atoms with Crippen molar-refractivity contribution in [3.05, 3.63) is 0 Å². The summed E-state index contributed by atoms with van der Waals surface area (Å²) in [4.78, 5) is 12.5. The molecule has 2 rings (SSSR count). The number of carboxylic acid groups (broad SMARTS) is 1. The first kappa shape index (κ1) is 9.52. The summed E-state index contributed by atoms with van der Waals surface area (Å²) in [7, 11) is 0. The van der Waals surface area contributed by atoms with E-state index in [0.29, 0.717) is 6.04 Å². The smallest absolute Gasteiger partial charge is 0.548 e. The van der Waals surface area contributed by atoms with E-state index < -0.39 is 5.97 Å². The Bertz CT molecular complexity index is 174. The fourth-order valence-corrected chi connectivity index (χ4v) is 1.95. The van der Waals surface area contributed by atoms with Crippen LogP contribution in [-0.4, -0.2) is 29.5 Å². The zero-order valence-electron chi connectivity index (χ0n) is 6.75. The van der Waals surface area contributed by atoms with Gasteiger partial charge in [-0.1, -0.05) is 0 Å². The van der Waals surface area contributed by atoms with Crippen molar-refractivity contribution < 1.29 is 39.5 Å². The van der Waals surface area contributed by atoms with Gasteiger partial charge in [0.15, 0.2) is 0 Å². The molecule has 2 atom stereocenters. The number of carbonyl (C=O) groups excluding carboxylic acids is 1. The van der Waals surface area contributed by atoms with Gasteiger partial charge in [-0.05, 0) is 19.3 Å². The van der Waals surface area contributed by atoms with Gasteiger partial charge in [0, 0.05) is 18.6 Å². The average Bonchev–Trinajstić information content (AvgIpc) is 2.07. The third-order valence-corrected chi connectivity index (χ3v) is 2.64. The Labute approximate surface area is 88.0 Å². The van der Waals surface area contributed by atoms with Gasteiger partial charge >= 0.3 is 29.6 Å². The molecule has 2 fully saturated rings. The maximum Gasteiger partial charge on any atom is 1.00 e. The van der Waals surface area contributed by atoms with E-state index in [2.05, 4.69) is 0 Å². The van der Waals surface area contributed by atoms with Crippen molar-refractivity contribution in [1.82, 2.24) is 4.90 Å². The van der Waals surface area contributed by atoms with Crippen LogP contribution in [0.3, 0.4) is 0 Å². The maximum atomic E-state index is 10.4. The normalized spacial score (nSPS) is 35.3. The minimum Gasteiger partial charge on any atom is -0.548 e. The van der Waals surface area contributed by atoms with Crippen LogP contribution in [0.4, 0.5) is 0 Å². The van der Waals surface area contributed by atoms with Crippen LogP contribution in [0.2, 0.25) is 0 Å². The predicted octanol–water partition coefficient (Wildman–Crippen LogP) is -4.02. The van der Waals surface area contributed by atoms with Gasteiger partial charge in [0.05, 0.1) is 5.97 Å². The molecule has 0 radical (unpaired) electrons. The van der Waals surface area contributed by atoms with E-state index in [-0.39, 0.29) is 35.6 Å². The standard InChI is InChI=1S/C7H11NO2.Na/c9-7(10)6-2-1-5-3-4-8(5)6;/h5-6H,1-4H2,(H,9,10);/q;+1/p-1. The zero-order valence-corrected chi connectivity index (χ0v) is 8.75. The fraction of sp³-hybridized carbons (Fsp3) is 0.857. The number of rotatable bonds is 1. The SMILES string of the molecule is O=C([O-])C1CCC2CCN21.[Na+]. The van der Waals surface area contributed by atoms with Crippen LogP contribution in [-0.2, 0) is 4.79 Å². The molecule has 3 nitrogen and oxygen atoms in total. The Kier molecular flexibility index (Phi) is 2.97. The first-order valence-corrected chi connectivity index (χ1v) is 3.75. The molecule has 0 N–H and O–H groups in total. The van der Waals surface area contributed by atoms with E-state index in [1.165, 1.54) is 6.42 Å². The van der Waals surface area contributed by atoms with Gasteiger partial charge in [0.1, 0.15) is 0 Å². The number of hydrogen-bond donors (Lipinski definition) is 0. The van der Waals surface area contributed by atoms with E-state index in [0.717, 1.165) is 19.4 Å². The Morgan fingerprint density at radius 2 is 2.09 bits per heavy atom. The molecule has 56 valence electrons. The topological polar surface area (TPSA) is 43.4 Å². The van der Waals surface area contributed by atoms with Gasteiger partial charge in [-0.15, -0.1) is 0 Å². The summed E-state index contributed by atoms with van der Waals surface area (Å²) in [5.74, 6) is -0.887. The molecule has 2 unspecified atom stereocenters. The zero-order chi connectivity index (χ0) is 7.14. The molecule has 2 heterocycles. The summed E-state index contributed by atoms with van der Waals surface area (Å²) in [6, 6.07) is 0.307. The third kappa shape index (κ3) is 1.47. The molecule has 0 aromatic rings. The van der Waals surface area contributed by atoms with E-state index in [9.17, 15) is 9.90 Å². The summed E-state index contributed by atoms with van der Waals surface area (Å²) in [6.45, 7) is 0.962. The van der Waals surface area contributed by atoms with Crippen molar-refractivity contribution >= 4 is 5.97 Å². The average molecular weight is 163 g/mol. The minimum atomic E-state index is -0.887. The molecule has 0 amide bonds. The molecular formula is C7H10NNaO2. The molecule has 2 aliphatic heterocycles. The van der Waals surface area contributed by atoms with Crippen molar-refractivity contribution in [2.45, 2.75) is 31.3 Å². The molecule has 0 aromatic heterocycles. The van der Waals surface area contributed by atoms with Gasteiger partial charge in [0.25, 0.3) is 0 Å². The first-order chi connectivity index (χ1) is 4.79. The van der Waals surface area contributed by atoms with Crippen LogP contribution in [0, 0.1) is 0 Å². The summed E-state index contributed by atoms with van der Waals surface area (Å²) in [6.07, 6.45) is 3.04. The van der Waals surface area contributed by atoms with Crippen molar-refractivity contribution in [1.29, 1.82) is 0 Å². The van der Waals surface area contributed by atoms with E-state index in [1.807, 2.05) is 4.90 Å². The fourth-order valence-electron chi connectivity index (χ4n) is 1.95. The molecule has 11 heavy (non-hydrogen) atoms. The summed E-state index contributed by atoms with van der Waals surface area (Å²) in [5, 5.41) is 10.4. The largest absolute Gasteiger partial charge is 1.00 e. The molecular weight excluding hydrogens is 153 g/mol. The number of fused-ring (bicyclic) bond motifs is 1. The van der Waals surface area contributed by atoms with Gasteiger partial charge in [-0.3, -0.25) is 4.90 Å². The second-order valence-corrected chi connectivity index (χ2v) is 3.09. The molecule has 2 saturated heterocycles. The number of hydrogen-bond acceptors (Lipinski definition) is 3. The predicted molar refractivity (Wildman–Crippen MR) is 33.1 cm³/mol. The van der Waals surface area contributed by atoms with E-state index in [1.54, 1.807) is 0 Å². The quantitative estimate of drug-likeness (QED) is 0.370. The molecule has 0 saturated carbocycles. The third-order valence-electron chi connectivity index (χ3n) is 2.64. The number of aliphatic carboxylic acids is 1. The van der Waals surface area contributed by atoms with Gasteiger partial charge in [-0.2, -0.15) is 0 Å². The second kappa shape index (κ2) is 3.44. The summed E-state index contributed by atoms with van der Waals surface area (Å²) in [5.41, 5.74) is 0. The van der Waals surface area contributed by atoms with Crippen molar-refractivity contribution in [2.75, 3.05) is 6.54 Å². The van der Waals surface area contributed by atoms with E-state index in [4.69, 9.17) is 0 Å². The van der Waals surface area contributed by atoms with Gasteiger partial charge in [-0.25, -0.2) is 0 Å². The Morgan fingerprint density at radius 3 is 2.36 bits per heavy atom. The van der Waals surface area contributed by atoms with Crippen LogP contribution < -0.4 is 34.7 Å². The minimum absolute atomic E-state index is 0. The van der Waals surface area contributed by atoms with Crippen molar-refractivity contribution in [2.24, 2.45) is 0 Å². The number of nitrogens with zero attached hydrogens (tertiary/aromatic N) is 1. The van der Waals surface area contributed by atoms with E-state index >= 15 is 0 Å². The van der Waals surface area contributed by atoms with Crippen LogP contribution >= 0.6 is 0 Å². The molecule has 4 heteroatoms. The Morgan fingerprint density at radius 1 is 1.36 bits per heavy atom. The van der Waals surface area contributed by atoms with Crippen molar-refractivity contribution in [3.63, 3.8) is 0 Å². The monoisotopic (exact) mass is 163 g/mol. The Balaban J connectivity index is 0.000000605. The molecule has 0 aromatic carbocycles. The molecule has 0 spiro atoms. The maximum absolute atomic E-state index is 10.4. The van der Waals surface area contributed by atoms with Crippen LogP contribution in [0.15, 0.2) is 0 Å². The van der Waals surface area contributed by atoms with Gasteiger partial charge in [0.2, 0.25) is 0 Å².